The van der Waals surface area contributed by atoms with Crippen molar-refractivity contribution in [2.24, 2.45) is 12.8 Å². The van der Waals surface area contributed by atoms with Gasteiger partial charge in [0.05, 0.1) is 11.1 Å². The first kappa shape index (κ1) is 14.6. The molecule has 0 saturated heterocycles. The molecule has 1 aromatic carbocycles. The van der Waals surface area contributed by atoms with Gasteiger partial charge in [-0.15, -0.1) is 0 Å². The van der Waals surface area contributed by atoms with Crippen LogP contribution >= 0.6 is 0 Å². The van der Waals surface area contributed by atoms with Gasteiger partial charge in [-0.3, -0.25) is 19.6 Å². The summed E-state index contributed by atoms with van der Waals surface area (Å²) in [5, 5.41) is 16.8. The maximum Gasteiger partial charge on any atom is 0.304 e. The highest BCUT2D eigenvalue weighted by Crippen LogP contribution is 2.21. The molecule has 8 nitrogen and oxygen atoms in total. The van der Waals surface area contributed by atoms with Crippen molar-refractivity contribution < 1.29 is 14.1 Å². The summed E-state index contributed by atoms with van der Waals surface area (Å²) in [5.74, 6) is -1.61. The molecule has 3 N–H and O–H groups in total. The zero-order valence-corrected chi connectivity index (χ0v) is 11.0. The number of nitro groups is 1. The molecule has 21 heavy (non-hydrogen) atoms. The number of aryl methyl sites for hydroxylation is 1. The van der Waals surface area contributed by atoms with Crippen molar-refractivity contribution in [2.75, 3.05) is 5.32 Å². The molecule has 0 saturated carbocycles. The molecule has 0 bridgehead atoms. The number of nitrogens with zero attached hydrogens (tertiary/aromatic N) is 3. The SMILES string of the molecule is Cn1cc(C(N)C(=O)Nc2ccc([N+](=O)[O-])c(F)c2)cn1. The molecule has 0 fully saturated rings. The molecule has 0 spiro atoms. The van der Waals surface area contributed by atoms with Gasteiger partial charge >= 0.3 is 5.69 Å². The summed E-state index contributed by atoms with van der Waals surface area (Å²) in [5.41, 5.74) is 5.67. The Labute approximate surface area is 118 Å². The zero-order chi connectivity index (χ0) is 15.6. The highest BCUT2D eigenvalue weighted by Gasteiger charge is 2.19. The molecule has 1 unspecified atom stereocenters. The molecular weight excluding hydrogens is 281 g/mol. The van der Waals surface area contributed by atoms with Crippen LogP contribution in [-0.2, 0) is 11.8 Å². The molecule has 1 aromatic heterocycles. The molecule has 2 rings (SSSR count). The Morgan fingerprint density at radius 1 is 1.57 bits per heavy atom. The van der Waals surface area contributed by atoms with E-state index in [2.05, 4.69) is 10.4 Å². The minimum Gasteiger partial charge on any atom is -0.324 e. The average molecular weight is 293 g/mol. The van der Waals surface area contributed by atoms with E-state index in [0.29, 0.717) is 5.56 Å². The number of nitro benzene ring substituents is 1. The Hall–Kier alpha value is -2.81. The summed E-state index contributed by atoms with van der Waals surface area (Å²) >= 11 is 0. The molecule has 0 aliphatic heterocycles. The Morgan fingerprint density at radius 2 is 2.29 bits per heavy atom. The first-order chi connectivity index (χ1) is 9.88. The summed E-state index contributed by atoms with van der Waals surface area (Å²) in [4.78, 5) is 21.6. The molecule has 0 aliphatic carbocycles. The van der Waals surface area contributed by atoms with Crippen molar-refractivity contribution in [3.05, 3.63) is 52.1 Å². The minimum absolute atomic E-state index is 0.0856. The number of nitrogens with one attached hydrogen (secondary N) is 1. The van der Waals surface area contributed by atoms with Gasteiger partial charge in [0.25, 0.3) is 0 Å². The van der Waals surface area contributed by atoms with Crippen molar-refractivity contribution in [2.45, 2.75) is 6.04 Å². The van der Waals surface area contributed by atoms with E-state index in [-0.39, 0.29) is 5.69 Å². The molecule has 0 radical (unpaired) electrons. The third-order valence-corrected chi connectivity index (χ3v) is 2.78. The number of amides is 1. The Balaban J connectivity index is 2.12. The Bertz CT molecular complexity index is 700. The van der Waals surface area contributed by atoms with Crippen molar-refractivity contribution >= 4 is 17.3 Å². The number of benzene rings is 1. The second-order valence-electron chi connectivity index (χ2n) is 4.34. The first-order valence-electron chi connectivity index (χ1n) is 5.87. The quantitative estimate of drug-likeness (QED) is 0.647. The largest absolute Gasteiger partial charge is 0.324 e. The van der Waals surface area contributed by atoms with Gasteiger partial charge in [-0.25, -0.2) is 0 Å². The number of hydrogen-bond acceptors (Lipinski definition) is 5. The standard InChI is InChI=1S/C12H12FN5O3/c1-17-6-7(5-15-17)11(14)12(19)16-8-2-3-10(18(20)21)9(13)4-8/h2-6,11H,14H2,1H3,(H,16,19). The molecule has 110 valence electrons. The minimum atomic E-state index is -1.03. The fraction of sp³-hybridized carbons (Fsp3) is 0.167. The van der Waals surface area contributed by atoms with Gasteiger partial charge in [-0.05, 0) is 6.07 Å². The predicted octanol–water partition coefficient (Wildman–Crippen LogP) is 1.11. The van der Waals surface area contributed by atoms with E-state index in [4.69, 9.17) is 5.73 Å². The van der Waals surface area contributed by atoms with E-state index in [9.17, 15) is 19.3 Å². The summed E-state index contributed by atoms with van der Waals surface area (Å²) in [6, 6.07) is 2.10. The highest BCUT2D eigenvalue weighted by atomic mass is 19.1. The van der Waals surface area contributed by atoms with E-state index in [0.717, 1.165) is 12.1 Å². The average Bonchev–Trinajstić information content (AvgIpc) is 2.84. The van der Waals surface area contributed by atoms with Gasteiger partial charge in [0.2, 0.25) is 11.7 Å². The van der Waals surface area contributed by atoms with E-state index in [1.807, 2.05) is 0 Å². The highest BCUT2D eigenvalue weighted by molar-refractivity contribution is 5.95. The third-order valence-electron chi connectivity index (χ3n) is 2.78. The van der Waals surface area contributed by atoms with Crippen LogP contribution in [0.2, 0.25) is 0 Å². The predicted molar refractivity (Wildman–Crippen MR) is 71.8 cm³/mol. The van der Waals surface area contributed by atoms with Gasteiger partial charge < -0.3 is 11.1 Å². The molecule has 1 atom stereocenters. The molecule has 1 amide bonds. The number of nitrogens with two attached hydrogens (primary N) is 1. The van der Waals surface area contributed by atoms with E-state index in [1.165, 1.54) is 16.9 Å². The Kier molecular flexibility index (Phi) is 3.94. The van der Waals surface area contributed by atoms with Gasteiger partial charge in [-0.2, -0.15) is 9.49 Å². The third kappa shape index (κ3) is 3.20. The lowest BCUT2D eigenvalue weighted by Gasteiger charge is -2.10. The molecule has 1 heterocycles. The lowest BCUT2D eigenvalue weighted by atomic mass is 10.1. The van der Waals surface area contributed by atoms with Crippen LogP contribution in [0.4, 0.5) is 15.8 Å². The van der Waals surface area contributed by atoms with Gasteiger partial charge in [0, 0.05) is 36.6 Å². The van der Waals surface area contributed by atoms with Crippen molar-refractivity contribution in [1.82, 2.24) is 9.78 Å². The van der Waals surface area contributed by atoms with E-state index >= 15 is 0 Å². The Morgan fingerprint density at radius 3 is 2.81 bits per heavy atom. The van der Waals surface area contributed by atoms with Crippen LogP contribution < -0.4 is 11.1 Å². The number of hydrogen-bond donors (Lipinski definition) is 2. The van der Waals surface area contributed by atoms with E-state index in [1.54, 1.807) is 13.2 Å². The maximum atomic E-state index is 13.4. The number of anilines is 1. The molecule has 0 aliphatic rings. The number of carbonyl (C=O) groups excluding carboxylic acids is 1. The molecular formula is C12H12FN5O3. The van der Waals surface area contributed by atoms with Gasteiger partial charge in [-0.1, -0.05) is 0 Å². The number of carbonyl (C=O) groups is 1. The number of rotatable bonds is 4. The summed E-state index contributed by atoms with van der Waals surface area (Å²) < 4.78 is 14.9. The second kappa shape index (κ2) is 5.67. The van der Waals surface area contributed by atoms with Crippen LogP contribution in [-0.4, -0.2) is 20.6 Å². The van der Waals surface area contributed by atoms with Crippen LogP contribution in [0.1, 0.15) is 11.6 Å². The van der Waals surface area contributed by atoms with Crippen LogP contribution in [0.25, 0.3) is 0 Å². The number of halogens is 1. The van der Waals surface area contributed by atoms with Crippen LogP contribution in [0.5, 0.6) is 0 Å². The van der Waals surface area contributed by atoms with Crippen LogP contribution in [0, 0.1) is 15.9 Å². The first-order valence-corrected chi connectivity index (χ1v) is 5.87. The van der Waals surface area contributed by atoms with Gasteiger partial charge in [0.15, 0.2) is 0 Å². The van der Waals surface area contributed by atoms with Crippen LogP contribution in [0.15, 0.2) is 30.6 Å². The molecule has 2 aromatic rings. The monoisotopic (exact) mass is 293 g/mol. The fourth-order valence-electron chi connectivity index (χ4n) is 1.70. The number of aromatic nitrogens is 2. The van der Waals surface area contributed by atoms with Crippen LogP contribution in [0.3, 0.4) is 0 Å². The zero-order valence-electron chi connectivity index (χ0n) is 11.0. The second-order valence-corrected chi connectivity index (χ2v) is 4.34. The van der Waals surface area contributed by atoms with Gasteiger partial charge in [0.1, 0.15) is 6.04 Å². The smallest absolute Gasteiger partial charge is 0.304 e. The topological polar surface area (TPSA) is 116 Å². The molecule has 9 heteroatoms. The summed E-state index contributed by atoms with van der Waals surface area (Å²) in [6.07, 6.45) is 3.03. The lowest BCUT2D eigenvalue weighted by molar-refractivity contribution is -0.387. The van der Waals surface area contributed by atoms with E-state index < -0.39 is 28.4 Å². The fourth-order valence-corrected chi connectivity index (χ4v) is 1.70. The lowest BCUT2D eigenvalue weighted by Crippen LogP contribution is -2.27. The summed E-state index contributed by atoms with van der Waals surface area (Å²) in [7, 11) is 1.68. The normalized spacial score (nSPS) is 12.0. The summed E-state index contributed by atoms with van der Waals surface area (Å²) in [6.45, 7) is 0. The van der Waals surface area contributed by atoms with Crippen molar-refractivity contribution in [3.8, 4) is 0 Å². The van der Waals surface area contributed by atoms with Crippen molar-refractivity contribution in [3.63, 3.8) is 0 Å². The maximum absolute atomic E-state index is 13.4. The van der Waals surface area contributed by atoms with Crippen molar-refractivity contribution in [1.29, 1.82) is 0 Å².